The molecule has 1 saturated carbocycles. The van der Waals surface area contributed by atoms with Gasteiger partial charge in [0, 0.05) is 19.5 Å². The number of ether oxygens (including phenoxy) is 1. The molecule has 3 atom stereocenters. The first kappa shape index (κ1) is 17.0. The first-order valence-corrected chi connectivity index (χ1v) is 9.60. The van der Waals surface area contributed by atoms with Gasteiger partial charge in [-0.1, -0.05) is 37.1 Å². The molecule has 5 nitrogen and oxygen atoms in total. The van der Waals surface area contributed by atoms with Crippen molar-refractivity contribution in [3.8, 4) is 0 Å². The van der Waals surface area contributed by atoms with E-state index < -0.39 is 6.10 Å². The molecule has 1 amide bonds. The first-order valence-electron chi connectivity index (χ1n) is 9.60. The van der Waals surface area contributed by atoms with Crippen LogP contribution in [-0.2, 0) is 16.0 Å². The lowest BCUT2D eigenvalue weighted by Gasteiger charge is -2.36. The largest absolute Gasteiger partial charge is 0.390 e. The van der Waals surface area contributed by atoms with Crippen LogP contribution in [0, 0.1) is 5.92 Å². The molecule has 25 heavy (non-hydrogen) atoms. The average Bonchev–Trinajstić information content (AvgIpc) is 3.24. The van der Waals surface area contributed by atoms with Crippen molar-refractivity contribution < 1.29 is 14.6 Å². The highest BCUT2D eigenvalue weighted by molar-refractivity contribution is 5.82. The van der Waals surface area contributed by atoms with Crippen LogP contribution in [0.4, 0.5) is 0 Å². The van der Waals surface area contributed by atoms with Crippen LogP contribution < -0.4 is 5.32 Å². The molecule has 0 spiro atoms. The van der Waals surface area contributed by atoms with E-state index in [1.54, 1.807) is 0 Å². The minimum atomic E-state index is -0.547. The Hall–Kier alpha value is -1.43. The zero-order chi connectivity index (χ0) is 17.2. The normalized spacial score (nSPS) is 30.4. The van der Waals surface area contributed by atoms with E-state index in [0.717, 1.165) is 24.2 Å². The number of carbonyl (C=O) groups excluding carboxylic acids is 1. The lowest BCUT2D eigenvalue weighted by Crippen LogP contribution is -2.55. The van der Waals surface area contributed by atoms with E-state index in [-0.39, 0.29) is 18.0 Å². The Morgan fingerprint density at radius 3 is 2.92 bits per heavy atom. The molecule has 0 aromatic heterocycles. The number of nitrogens with zero attached hydrogens (tertiary/aromatic N) is 1. The van der Waals surface area contributed by atoms with Gasteiger partial charge >= 0.3 is 0 Å². The van der Waals surface area contributed by atoms with Crippen molar-refractivity contribution in [1.29, 1.82) is 0 Å². The average molecular weight is 344 g/mol. The molecule has 2 fully saturated rings. The van der Waals surface area contributed by atoms with E-state index >= 15 is 0 Å². The number of amides is 1. The van der Waals surface area contributed by atoms with Crippen LogP contribution in [0.3, 0.4) is 0 Å². The number of hydrogen-bond donors (Lipinski definition) is 2. The van der Waals surface area contributed by atoms with Crippen molar-refractivity contribution in [3.05, 3.63) is 35.4 Å². The van der Waals surface area contributed by atoms with Gasteiger partial charge in [-0.2, -0.15) is 0 Å². The summed E-state index contributed by atoms with van der Waals surface area (Å²) >= 11 is 0. The van der Waals surface area contributed by atoms with Crippen LogP contribution in [0.15, 0.2) is 24.3 Å². The molecule has 0 bridgehead atoms. The summed E-state index contributed by atoms with van der Waals surface area (Å²) in [7, 11) is 0. The van der Waals surface area contributed by atoms with Gasteiger partial charge in [0.2, 0.25) is 5.91 Å². The number of fused-ring (bicyclic) bond motifs is 1. The highest BCUT2D eigenvalue weighted by Gasteiger charge is 2.36. The second kappa shape index (κ2) is 7.44. The molecule has 5 heteroatoms. The number of benzene rings is 1. The van der Waals surface area contributed by atoms with Crippen molar-refractivity contribution in [1.82, 2.24) is 10.2 Å². The zero-order valence-electron chi connectivity index (χ0n) is 14.7. The van der Waals surface area contributed by atoms with Gasteiger partial charge in [-0.05, 0) is 29.9 Å². The van der Waals surface area contributed by atoms with Gasteiger partial charge in [-0.25, -0.2) is 0 Å². The minimum absolute atomic E-state index is 0.0153. The summed E-state index contributed by atoms with van der Waals surface area (Å²) in [6.07, 6.45) is 5.25. The van der Waals surface area contributed by atoms with Crippen molar-refractivity contribution in [2.24, 2.45) is 5.92 Å². The Balaban J connectivity index is 1.43. The molecule has 0 unspecified atom stereocenters. The van der Waals surface area contributed by atoms with E-state index in [4.69, 9.17) is 4.74 Å². The second-order valence-electron chi connectivity index (χ2n) is 7.69. The summed E-state index contributed by atoms with van der Waals surface area (Å²) in [4.78, 5) is 15.2. The quantitative estimate of drug-likeness (QED) is 0.872. The van der Waals surface area contributed by atoms with Crippen molar-refractivity contribution in [2.75, 3.05) is 26.3 Å². The molecule has 1 aliphatic heterocycles. The maximum Gasteiger partial charge on any atom is 0.240 e. The molecule has 1 aromatic carbocycles. The third kappa shape index (κ3) is 3.59. The molecule has 2 N–H and O–H groups in total. The Morgan fingerprint density at radius 2 is 2.08 bits per heavy atom. The summed E-state index contributed by atoms with van der Waals surface area (Å²) in [6, 6.07) is 7.43. The van der Waals surface area contributed by atoms with E-state index in [1.807, 2.05) is 24.3 Å². The molecular formula is C20H28N2O3. The predicted octanol–water partition coefficient (Wildman–Crippen LogP) is 1.65. The maximum absolute atomic E-state index is 12.9. The lowest BCUT2D eigenvalue weighted by atomic mass is 10.0. The van der Waals surface area contributed by atoms with Gasteiger partial charge < -0.3 is 15.2 Å². The summed E-state index contributed by atoms with van der Waals surface area (Å²) in [5.41, 5.74) is 2.17. The summed E-state index contributed by atoms with van der Waals surface area (Å²) in [5, 5.41) is 13.5. The Bertz CT molecular complexity index is 615. The van der Waals surface area contributed by atoms with E-state index in [2.05, 4.69) is 10.2 Å². The predicted molar refractivity (Wildman–Crippen MR) is 95.2 cm³/mol. The van der Waals surface area contributed by atoms with Crippen LogP contribution >= 0.6 is 0 Å². The van der Waals surface area contributed by atoms with E-state index in [0.29, 0.717) is 25.6 Å². The molecule has 4 rings (SSSR count). The van der Waals surface area contributed by atoms with Crippen molar-refractivity contribution in [3.63, 3.8) is 0 Å². The standard InChI is InChI=1S/C20H28N2O3/c23-18-11-15-7-3-4-8-16(15)19(18)21-20(24)17-13-25-10-9-22(17)12-14-5-1-2-6-14/h3-4,7-8,14,17-19,23H,1-2,5-6,9-13H2,(H,21,24)/t17-,18-,19+/m1/s1. The molecular weight excluding hydrogens is 316 g/mol. The summed E-state index contributed by atoms with van der Waals surface area (Å²) < 4.78 is 5.59. The van der Waals surface area contributed by atoms with Crippen molar-refractivity contribution >= 4 is 5.91 Å². The maximum atomic E-state index is 12.9. The third-order valence-corrected chi connectivity index (χ3v) is 6.01. The molecule has 1 heterocycles. The highest BCUT2D eigenvalue weighted by atomic mass is 16.5. The molecule has 2 aliphatic carbocycles. The third-order valence-electron chi connectivity index (χ3n) is 6.01. The topological polar surface area (TPSA) is 61.8 Å². The lowest BCUT2D eigenvalue weighted by molar-refractivity contribution is -0.134. The van der Waals surface area contributed by atoms with Gasteiger partial charge in [-0.3, -0.25) is 9.69 Å². The zero-order valence-corrected chi connectivity index (χ0v) is 14.7. The number of hydrogen-bond acceptors (Lipinski definition) is 4. The number of aliphatic hydroxyl groups excluding tert-OH is 1. The van der Waals surface area contributed by atoms with Gasteiger partial charge in [0.15, 0.2) is 0 Å². The second-order valence-corrected chi connectivity index (χ2v) is 7.69. The smallest absolute Gasteiger partial charge is 0.240 e. The van der Waals surface area contributed by atoms with Gasteiger partial charge in [-0.15, -0.1) is 0 Å². The Labute approximate surface area is 149 Å². The Kier molecular flexibility index (Phi) is 5.06. The molecule has 1 aromatic rings. The van der Waals surface area contributed by atoms with Gasteiger partial charge in [0.25, 0.3) is 0 Å². The van der Waals surface area contributed by atoms with Crippen molar-refractivity contribution in [2.45, 2.75) is 50.3 Å². The number of morpholine rings is 1. The molecule has 1 saturated heterocycles. The van der Waals surface area contributed by atoms with Crippen LogP contribution in [0.1, 0.15) is 42.9 Å². The fraction of sp³-hybridized carbons (Fsp3) is 0.650. The summed E-state index contributed by atoms with van der Waals surface area (Å²) in [6.45, 7) is 2.96. The van der Waals surface area contributed by atoms with Crippen LogP contribution in [0.5, 0.6) is 0 Å². The fourth-order valence-corrected chi connectivity index (χ4v) is 4.62. The van der Waals surface area contributed by atoms with Gasteiger partial charge in [0.05, 0.1) is 25.4 Å². The fourth-order valence-electron chi connectivity index (χ4n) is 4.62. The minimum Gasteiger partial charge on any atom is -0.390 e. The first-order chi connectivity index (χ1) is 12.2. The van der Waals surface area contributed by atoms with Crippen LogP contribution in [0.25, 0.3) is 0 Å². The van der Waals surface area contributed by atoms with Crippen LogP contribution in [0.2, 0.25) is 0 Å². The summed E-state index contributed by atoms with van der Waals surface area (Å²) in [5.74, 6) is 0.699. The molecule has 136 valence electrons. The van der Waals surface area contributed by atoms with E-state index in [9.17, 15) is 9.90 Å². The van der Waals surface area contributed by atoms with Gasteiger partial charge in [0.1, 0.15) is 6.04 Å². The molecule has 0 radical (unpaired) electrons. The highest BCUT2D eigenvalue weighted by Crippen LogP contribution is 2.32. The number of carbonyl (C=O) groups is 1. The number of nitrogens with one attached hydrogen (secondary N) is 1. The SMILES string of the molecule is O=C(N[C@H]1c2ccccc2C[C@H]1O)[C@H]1COCCN1CC1CCCC1. The number of rotatable bonds is 4. The molecule has 3 aliphatic rings. The monoisotopic (exact) mass is 344 g/mol. The Morgan fingerprint density at radius 1 is 1.28 bits per heavy atom. The van der Waals surface area contributed by atoms with E-state index in [1.165, 1.54) is 25.7 Å². The number of aliphatic hydroxyl groups is 1. The van der Waals surface area contributed by atoms with Crippen LogP contribution in [-0.4, -0.2) is 54.4 Å².